The minimum absolute atomic E-state index is 0.0407. The molecule has 0 saturated heterocycles. The second kappa shape index (κ2) is 5.45. The highest BCUT2D eigenvalue weighted by Gasteiger charge is 2.39. The number of rotatable bonds is 2. The number of likely N-dealkylation sites (N-methyl/N-ethyl adjacent to an activating group) is 1. The number of carbonyl (C=O) groups is 1. The largest absolute Gasteiger partial charge is 0.349 e. The summed E-state index contributed by atoms with van der Waals surface area (Å²) in [6.07, 6.45) is 5.55. The lowest BCUT2D eigenvalue weighted by atomic mass is 9.79. The molecular formula is C20H22BrN3O. The molecule has 2 aliphatic carbocycles. The van der Waals surface area contributed by atoms with Crippen molar-refractivity contribution < 1.29 is 4.79 Å². The van der Waals surface area contributed by atoms with Gasteiger partial charge in [-0.25, -0.2) is 0 Å². The van der Waals surface area contributed by atoms with Crippen LogP contribution in [0.5, 0.6) is 0 Å². The molecule has 1 aromatic carbocycles. The number of amides is 1. The van der Waals surface area contributed by atoms with Gasteiger partial charge in [0.1, 0.15) is 0 Å². The minimum Gasteiger partial charge on any atom is -0.349 e. The van der Waals surface area contributed by atoms with Crippen molar-refractivity contribution in [3.8, 4) is 0 Å². The standard InChI is InChI=1S/C20H22BrN3O/c1-23-10-11(20(25)24(2)12-6-7-12)8-14-13-4-3-5-16-18(13)15(9-17(14)23)19(21)22-16/h3-5,8,11-12,17,22H,6-7,9-10H2,1-2H3/t11-,17-/m1/s1. The molecule has 1 N–H and O–H groups in total. The van der Waals surface area contributed by atoms with Gasteiger partial charge >= 0.3 is 0 Å². The lowest BCUT2D eigenvalue weighted by Gasteiger charge is -2.40. The first-order valence-electron chi connectivity index (χ1n) is 9.02. The first-order valence-corrected chi connectivity index (χ1v) is 9.82. The molecule has 1 aromatic heterocycles. The Labute approximate surface area is 156 Å². The van der Waals surface area contributed by atoms with E-state index in [0.717, 1.165) is 30.4 Å². The Morgan fingerprint density at radius 2 is 2.16 bits per heavy atom. The zero-order valence-corrected chi connectivity index (χ0v) is 16.1. The van der Waals surface area contributed by atoms with Crippen LogP contribution in [0, 0.1) is 5.92 Å². The minimum atomic E-state index is -0.0407. The maximum absolute atomic E-state index is 12.9. The topological polar surface area (TPSA) is 39.3 Å². The Bertz CT molecular complexity index is 911. The van der Waals surface area contributed by atoms with E-state index in [-0.39, 0.29) is 11.8 Å². The van der Waals surface area contributed by atoms with Gasteiger partial charge < -0.3 is 9.88 Å². The molecule has 2 heterocycles. The zero-order chi connectivity index (χ0) is 17.3. The maximum atomic E-state index is 12.9. The number of H-pyrrole nitrogens is 1. The molecule has 5 heteroatoms. The molecule has 25 heavy (non-hydrogen) atoms. The normalized spacial score (nSPS) is 25.6. The lowest BCUT2D eigenvalue weighted by Crippen LogP contribution is -2.47. The van der Waals surface area contributed by atoms with Crippen molar-refractivity contribution in [3.05, 3.63) is 40.0 Å². The molecule has 5 rings (SSSR count). The smallest absolute Gasteiger partial charge is 0.230 e. The number of nitrogens with one attached hydrogen (secondary N) is 1. The highest BCUT2D eigenvalue weighted by atomic mass is 79.9. The number of aromatic nitrogens is 1. The molecule has 1 aliphatic heterocycles. The molecule has 1 fully saturated rings. The Hall–Kier alpha value is -1.59. The third kappa shape index (κ3) is 2.32. The van der Waals surface area contributed by atoms with Crippen LogP contribution in [-0.4, -0.2) is 53.4 Å². The monoisotopic (exact) mass is 399 g/mol. The van der Waals surface area contributed by atoms with E-state index < -0.39 is 0 Å². The Balaban J connectivity index is 1.61. The van der Waals surface area contributed by atoms with Crippen molar-refractivity contribution >= 4 is 38.3 Å². The van der Waals surface area contributed by atoms with Crippen LogP contribution in [-0.2, 0) is 11.2 Å². The fourth-order valence-electron chi connectivity index (χ4n) is 4.55. The Morgan fingerprint density at radius 1 is 1.36 bits per heavy atom. The van der Waals surface area contributed by atoms with Gasteiger partial charge in [-0.2, -0.15) is 0 Å². The van der Waals surface area contributed by atoms with Crippen molar-refractivity contribution in [1.29, 1.82) is 0 Å². The van der Waals surface area contributed by atoms with Crippen LogP contribution >= 0.6 is 15.9 Å². The van der Waals surface area contributed by atoms with E-state index in [1.165, 1.54) is 27.6 Å². The van der Waals surface area contributed by atoms with Gasteiger partial charge in [0.2, 0.25) is 5.91 Å². The summed E-state index contributed by atoms with van der Waals surface area (Å²) < 4.78 is 1.09. The summed E-state index contributed by atoms with van der Waals surface area (Å²) >= 11 is 3.70. The number of aromatic amines is 1. The number of benzene rings is 1. The third-order valence-corrected chi connectivity index (χ3v) is 6.78. The molecule has 0 spiro atoms. The van der Waals surface area contributed by atoms with Gasteiger partial charge in [0.05, 0.1) is 10.5 Å². The van der Waals surface area contributed by atoms with Crippen molar-refractivity contribution in [2.75, 3.05) is 20.6 Å². The first-order chi connectivity index (χ1) is 12.0. The number of nitrogens with zero attached hydrogens (tertiary/aromatic N) is 2. The average molecular weight is 400 g/mol. The van der Waals surface area contributed by atoms with Gasteiger partial charge in [0.15, 0.2) is 0 Å². The fourth-order valence-corrected chi connectivity index (χ4v) is 5.13. The molecule has 0 radical (unpaired) electrons. The molecule has 2 atom stereocenters. The van der Waals surface area contributed by atoms with Crippen LogP contribution in [0.1, 0.15) is 24.0 Å². The third-order valence-electron chi connectivity index (χ3n) is 6.10. The van der Waals surface area contributed by atoms with Gasteiger partial charge in [0.25, 0.3) is 0 Å². The van der Waals surface area contributed by atoms with Crippen LogP contribution in [0.4, 0.5) is 0 Å². The summed E-state index contributed by atoms with van der Waals surface area (Å²) in [4.78, 5) is 20.7. The van der Waals surface area contributed by atoms with E-state index in [0.29, 0.717) is 12.1 Å². The second-order valence-electron chi connectivity index (χ2n) is 7.71. The van der Waals surface area contributed by atoms with Gasteiger partial charge in [-0.3, -0.25) is 9.69 Å². The van der Waals surface area contributed by atoms with Gasteiger partial charge in [-0.05, 0) is 65.0 Å². The van der Waals surface area contributed by atoms with Crippen molar-refractivity contribution in [3.63, 3.8) is 0 Å². The molecule has 2 aromatic rings. The SMILES string of the molecule is CN(C(=O)[C@@H]1C=C2c3cccc4[nH]c(Br)c(c34)C[C@H]2N(C)C1)C1CC1. The molecule has 130 valence electrons. The highest BCUT2D eigenvalue weighted by molar-refractivity contribution is 9.10. The van der Waals surface area contributed by atoms with Gasteiger partial charge in [0, 0.05) is 36.6 Å². The summed E-state index contributed by atoms with van der Waals surface area (Å²) in [6, 6.07) is 7.26. The molecule has 3 aliphatic rings. The van der Waals surface area contributed by atoms with Gasteiger partial charge in [-0.15, -0.1) is 0 Å². The van der Waals surface area contributed by atoms with Crippen LogP contribution in [0.2, 0.25) is 0 Å². The Kier molecular flexibility index (Phi) is 3.41. The number of hydrogen-bond acceptors (Lipinski definition) is 2. The average Bonchev–Trinajstić information content (AvgIpc) is 3.40. The summed E-state index contributed by atoms with van der Waals surface area (Å²) in [6.45, 7) is 0.803. The molecule has 0 unspecified atom stereocenters. The van der Waals surface area contributed by atoms with Crippen LogP contribution in [0.15, 0.2) is 28.9 Å². The van der Waals surface area contributed by atoms with E-state index >= 15 is 0 Å². The predicted octanol–water partition coefficient (Wildman–Crippen LogP) is 3.42. The van der Waals surface area contributed by atoms with E-state index in [1.807, 2.05) is 11.9 Å². The van der Waals surface area contributed by atoms with Crippen molar-refractivity contribution in [2.45, 2.75) is 31.3 Å². The van der Waals surface area contributed by atoms with E-state index in [1.54, 1.807) is 0 Å². The van der Waals surface area contributed by atoms with Crippen LogP contribution in [0.3, 0.4) is 0 Å². The summed E-state index contributed by atoms with van der Waals surface area (Å²) in [5, 5.41) is 1.31. The predicted molar refractivity (Wildman–Crippen MR) is 103 cm³/mol. The maximum Gasteiger partial charge on any atom is 0.230 e. The number of fused-ring (bicyclic) bond motifs is 2. The fraction of sp³-hybridized carbons (Fsp3) is 0.450. The summed E-state index contributed by atoms with van der Waals surface area (Å²) in [5.41, 5.74) is 5.13. The quantitative estimate of drug-likeness (QED) is 0.839. The molecule has 1 amide bonds. The molecule has 1 saturated carbocycles. The Morgan fingerprint density at radius 3 is 2.92 bits per heavy atom. The summed E-state index contributed by atoms with van der Waals surface area (Å²) in [7, 11) is 4.12. The first kappa shape index (κ1) is 15.6. The molecule has 4 nitrogen and oxygen atoms in total. The van der Waals surface area contributed by atoms with E-state index in [9.17, 15) is 4.79 Å². The molecular weight excluding hydrogens is 378 g/mol. The van der Waals surface area contributed by atoms with Crippen molar-refractivity contribution in [2.24, 2.45) is 5.92 Å². The van der Waals surface area contributed by atoms with Crippen LogP contribution in [0.25, 0.3) is 16.5 Å². The second-order valence-corrected chi connectivity index (χ2v) is 8.51. The van der Waals surface area contributed by atoms with E-state index in [2.05, 4.69) is 57.1 Å². The zero-order valence-electron chi connectivity index (χ0n) is 14.6. The highest BCUT2D eigenvalue weighted by Crippen LogP contribution is 2.43. The number of hydrogen-bond donors (Lipinski definition) is 1. The van der Waals surface area contributed by atoms with Crippen molar-refractivity contribution in [1.82, 2.24) is 14.8 Å². The number of halogens is 1. The molecule has 0 bridgehead atoms. The lowest BCUT2D eigenvalue weighted by molar-refractivity contribution is -0.133. The van der Waals surface area contributed by atoms with E-state index in [4.69, 9.17) is 0 Å². The van der Waals surface area contributed by atoms with Crippen LogP contribution < -0.4 is 0 Å². The summed E-state index contributed by atoms with van der Waals surface area (Å²) in [5.74, 6) is 0.231. The van der Waals surface area contributed by atoms with Gasteiger partial charge in [-0.1, -0.05) is 18.2 Å². The number of carbonyl (C=O) groups excluding carboxylic acids is 1.